The van der Waals surface area contributed by atoms with Gasteiger partial charge < -0.3 is 29.2 Å². The Morgan fingerprint density at radius 1 is 0.723 bits per heavy atom. The Morgan fingerprint density at radius 2 is 1.15 bits per heavy atom. The summed E-state index contributed by atoms with van der Waals surface area (Å²) in [5, 5.41) is 20.7. The molecule has 250 valence electrons. The van der Waals surface area contributed by atoms with E-state index in [0.717, 1.165) is 46.2 Å². The van der Waals surface area contributed by atoms with Crippen molar-refractivity contribution >= 4 is 11.9 Å². The Bertz CT molecular complexity index is 1500. The minimum Gasteiger partial charge on any atom is -0.490 e. The van der Waals surface area contributed by atoms with E-state index >= 15 is 0 Å². The van der Waals surface area contributed by atoms with Crippen molar-refractivity contribution in [1.82, 2.24) is 0 Å². The summed E-state index contributed by atoms with van der Waals surface area (Å²) in [7, 11) is 0. The maximum atomic E-state index is 11.6. The van der Waals surface area contributed by atoms with E-state index in [-0.39, 0.29) is 26.4 Å². The maximum Gasteiger partial charge on any atom is 0.330 e. The molecule has 0 saturated carbocycles. The fourth-order valence-corrected chi connectivity index (χ4v) is 6.41. The van der Waals surface area contributed by atoms with Crippen molar-refractivity contribution in [3.8, 4) is 11.5 Å². The molecule has 0 spiro atoms. The third kappa shape index (κ3) is 8.31. The van der Waals surface area contributed by atoms with E-state index in [9.17, 15) is 19.8 Å². The minimum atomic E-state index is -0.961. The van der Waals surface area contributed by atoms with E-state index < -0.39 is 29.6 Å². The lowest BCUT2D eigenvalue weighted by molar-refractivity contribution is -0.142. The van der Waals surface area contributed by atoms with Crippen LogP contribution in [0.5, 0.6) is 11.5 Å². The lowest BCUT2D eigenvalue weighted by Crippen LogP contribution is -2.28. The third-order valence-corrected chi connectivity index (χ3v) is 8.43. The second-order valence-electron chi connectivity index (χ2n) is 12.1. The number of hydrogen-bond acceptors (Lipinski definition) is 8. The number of allylic oxidation sites excluding steroid dienone is 2. The summed E-state index contributed by atoms with van der Waals surface area (Å²) in [6.45, 7) is 11.2. The number of ether oxygens (including phenoxy) is 4. The van der Waals surface area contributed by atoms with Crippen LogP contribution in [0.15, 0.2) is 72.8 Å². The summed E-state index contributed by atoms with van der Waals surface area (Å²) in [5.41, 5.74) is 8.23. The van der Waals surface area contributed by atoms with Crippen molar-refractivity contribution in [3.63, 3.8) is 0 Å². The average molecular weight is 643 g/mol. The summed E-state index contributed by atoms with van der Waals surface area (Å²) in [5.74, 6) is 0.382. The van der Waals surface area contributed by atoms with Crippen LogP contribution in [0.2, 0.25) is 0 Å². The number of benzene rings is 3. The summed E-state index contributed by atoms with van der Waals surface area (Å²) in [4.78, 5) is 23.2. The molecule has 0 amide bonds. The fourth-order valence-electron chi connectivity index (χ4n) is 6.41. The molecule has 3 aromatic carbocycles. The summed E-state index contributed by atoms with van der Waals surface area (Å²) in [6.07, 6.45) is 5.67. The zero-order valence-corrected chi connectivity index (χ0v) is 28.2. The molecule has 2 atom stereocenters. The van der Waals surface area contributed by atoms with E-state index in [1.807, 2.05) is 27.7 Å². The van der Waals surface area contributed by atoms with Gasteiger partial charge in [0.25, 0.3) is 0 Å². The van der Waals surface area contributed by atoms with Gasteiger partial charge in [0, 0.05) is 17.6 Å². The van der Waals surface area contributed by atoms with E-state index in [0.29, 0.717) is 11.5 Å². The molecule has 0 aromatic heterocycles. The Kier molecular flexibility index (Phi) is 12.0. The molecule has 0 bridgehead atoms. The number of carbonyl (C=O) groups is 2. The number of hydrogen-bond donors (Lipinski definition) is 2. The van der Waals surface area contributed by atoms with E-state index in [4.69, 9.17) is 18.9 Å². The van der Waals surface area contributed by atoms with Crippen molar-refractivity contribution < 1.29 is 38.7 Å². The fraction of sp³-hybridized carbons (Fsp3) is 0.385. The molecule has 0 heterocycles. The van der Waals surface area contributed by atoms with Crippen molar-refractivity contribution in [2.24, 2.45) is 0 Å². The molecule has 8 nitrogen and oxygen atoms in total. The predicted molar refractivity (Wildman–Crippen MR) is 181 cm³/mol. The van der Waals surface area contributed by atoms with Crippen molar-refractivity contribution in [2.45, 2.75) is 72.0 Å². The van der Waals surface area contributed by atoms with Crippen LogP contribution in [-0.2, 0) is 30.9 Å². The number of aliphatic hydroxyl groups is 2. The Balaban J connectivity index is 1.62. The SMILES string of the molecule is CC=CC(=O)OCC(O)COc1c(C)cc(C2(c3cc(C)c(OCC(O)COC(=O)C=CC)c(C)c3)CCc3ccccc32)cc1C. The lowest BCUT2D eigenvalue weighted by atomic mass is 9.69. The largest absolute Gasteiger partial charge is 0.490 e. The van der Waals surface area contributed by atoms with Crippen LogP contribution in [0, 0.1) is 27.7 Å². The smallest absolute Gasteiger partial charge is 0.330 e. The zero-order chi connectivity index (χ0) is 34.1. The summed E-state index contributed by atoms with van der Waals surface area (Å²) < 4.78 is 22.2. The molecule has 47 heavy (non-hydrogen) atoms. The molecule has 4 rings (SSSR count). The van der Waals surface area contributed by atoms with Gasteiger partial charge in [0.15, 0.2) is 0 Å². The van der Waals surface area contributed by atoms with Gasteiger partial charge >= 0.3 is 11.9 Å². The maximum absolute atomic E-state index is 11.6. The quantitative estimate of drug-likeness (QED) is 0.165. The van der Waals surface area contributed by atoms with Gasteiger partial charge in [-0.25, -0.2) is 9.59 Å². The van der Waals surface area contributed by atoms with Crippen LogP contribution < -0.4 is 9.47 Å². The summed E-state index contributed by atoms with van der Waals surface area (Å²) >= 11 is 0. The van der Waals surface area contributed by atoms with Gasteiger partial charge in [-0.3, -0.25) is 0 Å². The number of fused-ring (bicyclic) bond motifs is 1. The molecule has 0 radical (unpaired) electrons. The van der Waals surface area contributed by atoms with Gasteiger partial charge in [0.1, 0.15) is 50.1 Å². The molecular weight excluding hydrogens is 596 g/mol. The number of rotatable bonds is 14. The zero-order valence-electron chi connectivity index (χ0n) is 28.2. The molecule has 2 N–H and O–H groups in total. The van der Waals surface area contributed by atoms with Crippen LogP contribution in [0.3, 0.4) is 0 Å². The van der Waals surface area contributed by atoms with Gasteiger partial charge in [-0.15, -0.1) is 0 Å². The number of esters is 2. The van der Waals surface area contributed by atoms with Gasteiger partial charge in [0.05, 0.1) is 0 Å². The topological polar surface area (TPSA) is 112 Å². The van der Waals surface area contributed by atoms with Crippen LogP contribution in [-0.4, -0.2) is 60.8 Å². The molecule has 0 fully saturated rings. The normalized spacial score (nSPS) is 17.0. The van der Waals surface area contributed by atoms with Crippen LogP contribution in [0.25, 0.3) is 0 Å². The van der Waals surface area contributed by atoms with Crippen LogP contribution in [0.4, 0.5) is 0 Å². The first-order valence-corrected chi connectivity index (χ1v) is 16.0. The first kappa shape index (κ1) is 35.5. The molecular formula is C39H46O8. The highest BCUT2D eigenvalue weighted by molar-refractivity contribution is 5.82. The number of aryl methyl sites for hydroxylation is 5. The average Bonchev–Trinajstić information content (AvgIpc) is 3.43. The van der Waals surface area contributed by atoms with Crippen LogP contribution in [0.1, 0.15) is 64.8 Å². The van der Waals surface area contributed by atoms with E-state index in [2.05, 4.69) is 48.5 Å². The van der Waals surface area contributed by atoms with Gasteiger partial charge in [-0.2, -0.15) is 0 Å². The Hall–Kier alpha value is -4.40. The highest BCUT2D eigenvalue weighted by Gasteiger charge is 2.42. The Labute approximate surface area is 277 Å². The second kappa shape index (κ2) is 15.9. The molecule has 1 aliphatic rings. The van der Waals surface area contributed by atoms with Crippen molar-refractivity contribution in [1.29, 1.82) is 0 Å². The van der Waals surface area contributed by atoms with Crippen molar-refractivity contribution in [3.05, 3.63) is 117 Å². The minimum absolute atomic E-state index is 0.00904. The van der Waals surface area contributed by atoms with Gasteiger partial charge in [-0.1, -0.05) is 60.7 Å². The van der Waals surface area contributed by atoms with Gasteiger partial charge in [-0.05, 0) is 98.9 Å². The van der Waals surface area contributed by atoms with Crippen molar-refractivity contribution in [2.75, 3.05) is 26.4 Å². The highest BCUT2D eigenvalue weighted by Crippen LogP contribution is 2.51. The monoisotopic (exact) mass is 642 g/mol. The third-order valence-electron chi connectivity index (χ3n) is 8.43. The molecule has 0 aliphatic heterocycles. The predicted octanol–water partition coefficient (Wildman–Crippen LogP) is 5.92. The van der Waals surface area contributed by atoms with E-state index in [1.54, 1.807) is 26.0 Å². The first-order valence-electron chi connectivity index (χ1n) is 16.0. The van der Waals surface area contributed by atoms with E-state index in [1.165, 1.54) is 23.3 Å². The molecule has 8 heteroatoms. The summed E-state index contributed by atoms with van der Waals surface area (Å²) in [6, 6.07) is 17.3. The molecule has 3 aromatic rings. The standard InChI is InChI=1S/C39H46O8/c1-7-11-35(42)44-21-32(40)23-46-37-25(3)17-30(18-26(37)4)39(16-15-29-13-9-10-14-34(29)39)31-19-27(5)38(28(6)20-31)47-24-33(41)22-45-36(43)12-8-2/h7-14,17-20,32-33,40-41H,15-16,21-24H2,1-6H3. The number of carbonyl (C=O) groups excluding carboxylic acids is 2. The molecule has 2 unspecified atom stereocenters. The van der Waals surface area contributed by atoms with Crippen LogP contribution >= 0.6 is 0 Å². The highest BCUT2D eigenvalue weighted by atomic mass is 16.6. The molecule has 1 aliphatic carbocycles. The first-order chi connectivity index (χ1) is 22.5. The molecule has 0 saturated heterocycles. The van der Waals surface area contributed by atoms with Gasteiger partial charge in [0.2, 0.25) is 0 Å². The second-order valence-corrected chi connectivity index (χ2v) is 12.1. The Morgan fingerprint density at radius 3 is 1.57 bits per heavy atom. The number of aliphatic hydroxyl groups excluding tert-OH is 2. The lowest BCUT2D eigenvalue weighted by Gasteiger charge is -2.34.